The maximum atomic E-state index is 14.4. The number of amides is 1. The van der Waals surface area contributed by atoms with Crippen molar-refractivity contribution in [3.63, 3.8) is 0 Å². The Morgan fingerprint density at radius 1 is 1.11 bits per heavy atom. The quantitative estimate of drug-likeness (QED) is 0.172. The zero-order valence-electron chi connectivity index (χ0n) is 20.8. The molecule has 0 saturated carbocycles. The second kappa shape index (κ2) is 11.7. The van der Waals surface area contributed by atoms with Crippen LogP contribution in [0.25, 0.3) is 5.76 Å². The summed E-state index contributed by atoms with van der Waals surface area (Å²) >= 11 is 0. The van der Waals surface area contributed by atoms with Crippen molar-refractivity contribution < 1.29 is 28.6 Å². The van der Waals surface area contributed by atoms with E-state index in [9.17, 15) is 19.1 Å². The number of hydrogen-bond acceptors (Lipinski definition) is 6. The van der Waals surface area contributed by atoms with Crippen molar-refractivity contribution in [1.82, 2.24) is 9.88 Å². The molecule has 2 heterocycles. The monoisotopic (exact) mass is 504 g/mol. The van der Waals surface area contributed by atoms with Gasteiger partial charge in [-0.1, -0.05) is 38.0 Å². The summed E-state index contributed by atoms with van der Waals surface area (Å²) in [6.45, 7) is 2.82. The van der Waals surface area contributed by atoms with E-state index < -0.39 is 29.3 Å². The van der Waals surface area contributed by atoms with Gasteiger partial charge in [-0.15, -0.1) is 0 Å². The van der Waals surface area contributed by atoms with E-state index in [1.165, 1.54) is 24.1 Å². The second-order valence-corrected chi connectivity index (χ2v) is 8.76. The molecule has 7 nitrogen and oxygen atoms in total. The molecule has 1 aliphatic heterocycles. The molecule has 0 bridgehead atoms. The number of likely N-dealkylation sites (tertiary alicyclic amines) is 1. The Hall–Kier alpha value is -4.20. The van der Waals surface area contributed by atoms with E-state index in [1.54, 1.807) is 48.8 Å². The molecule has 4 rings (SSSR count). The van der Waals surface area contributed by atoms with Crippen molar-refractivity contribution in [3.05, 3.63) is 95.1 Å². The fourth-order valence-corrected chi connectivity index (χ4v) is 4.34. The number of hydrogen-bond donors (Lipinski definition) is 1. The minimum absolute atomic E-state index is 0.000320. The van der Waals surface area contributed by atoms with Gasteiger partial charge in [-0.3, -0.25) is 14.6 Å². The molecule has 0 unspecified atom stereocenters. The summed E-state index contributed by atoms with van der Waals surface area (Å²) in [6.07, 6.45) is 6.35. The Bertz CT molecular complexity index is 1290. The van der Waals surface area contributed by atoms with Crippen LogP contribution in [0.4, 0.5) is 4.39 Å². The highest BCUT2D eigenvalue weighted by atomic mass is 19.1. The number of unbranched alkanes of at least 4 members (excludes halogenated alkanes) is 2. The van der Waals surface area contributed by atoms with Crippen LogP contribution in [0.2, 0.25) is 0 Å². The molecule has 1 aromatic heterocycles. The summed E-state index contributed by atoms with van der Waals surface area (Å²) in [4.78, 5) is 31.9. The number of carbonyl (C=O) groups excluding carboxylic acids is 2. The van der Waals surface area contributed by atoms with E-state index >= 15 is 0 Å². The number of ketones is 1. The Morgan fingerprint density at radius 3 is 2.54 bits per heavy atom. The Labute approximate surface area is 215 Å². The van der Waals surface area contributed by atoms with Crippen LogP contribution in [0.3, 0.4) is 0 Å². The molecule has 1 amide bonds. The number of methoxy groups -OCH3 is 1. The van der Waals surface area contributed by atoms with Crippen LogP contribution in [-0.4, -0.2) is 40.4 Å². The van der Waals surface area contributed by atoms with E-state index in [2.05, 4.69) is 11.9 Å². The Morgan fingerprint density at radius 2 is 1.89 bits per heavy atom. The highest BCUT2D eigenvalue weighted by molar-refractivity contribution is 6.46. The van der Waals surface area contributed by atoms with E-state index in [-0.39, 0.29) is 23.4 Å². The van der Waals surface area contributed by atoms with E-state index in [0.717, 1.165) is 30.9 Å². The van der Waals surface area contributed by atoms with Gasteiger partial charge < -0.3 is 19.5 Å². The molecule has 1 N–H and O–H groups in total. The molecule has 0 spiro atoms. The van der Waals surface area contributed by atoms with Crippen LogP contribution in [0, 0.1) is 5.82 Å². The second-order valence-electron chi connectivity index (χ2n) is 8.76. The average Bonchev–Trinajstić information content (AvgIpc) is 3.16. The van der Waals surface area contributed by atoms with Crippen LogP contribution < -0.4 is 9.47 Å². The van der Waals surface area contributed by atoms with Crippen molar-refractivity contribution >= 4 is 17.4 Å². The number of nitrogens with zero attached hydrogens (tertiary/aromatic N) is 2. The maximum Gasteiger partial charge on any atom is 0.295 e. The van der Waals surface area contributed by atoms with E-state index in [4.69, 9.17) is 9.47 Å². The number of aromatic nitrogens is 1. The number of halogens is 1. The molecule has 3 aromatic rings. The van der Waals surface area contributed by atoms with Crippen molar-refractivity contribution in [2.75, 3.05) is 13.7 Å². The predicted molar refractivity (Wildman–Crippen MR) is 136 cm³/mol. The predicted octanol–water partition coefficient (Wildman–Crippen LogP) is 5.42. The number of benzene rings is 2. The third kappa shape index (κ3) is 5.63. The van der Waals surface area contributed by atoms with Gasteiger partial charge in [0.15, 0.2) is 11.6 Å². The van der Waals surface area contributed by atoms with Gasteiger partial charge >= 0.3 is 0 Å². The SMILES string of the molecule is CCCCCOc1ccc([C@H]2C(=C(O)c3ccc(OC)c(F)c3)C(=O)C(=O)N2Cc2cccnc2)cc1. The first kappa shape index (κ1) is 25.9. The lowest BCUT2D eigenvalue weighted by atomic mass is 9.95. The van der Waals surface area contributed by atoms with Crippen LogP contribution in [-0.2, 0) is 16.1 Å². The van der Waals surface area contributed by atoms with Crippen LogP contribution in [0.1, 0.15) is 48.9 Å². The molecule has 1 aliphatic rings. The zero-order valence-corrected chi connectivity index (χ0v) is 20.8. The lowest BCUT2D eigenvalue weighted by Gasteiger charge is -2.25. The number of aliphatic hydroxyl groups is 1. The first-order valence-corrected chi connectivity index (χ1v) is 12.2. The third-order valence-corrected chi connectivity index (χ3v) is 6.25. The first-order valence-electron chi connectivity index (χ1n) is 12.2. The smallest absolute Gasteiger partial charge is 0.295 e. The summed E-state index contributed by atoms with van der Waals surface area (Å²) in [5, 5.41) is 11.2. The topological polar surface area (TPSA) is 89.0 Å². The van der Waals surface area contributed by atoms with Gasteiger partial charge in [0.25, 0.3) is 11.7 Å². The normalized spacial score (nSPS) is 16.7. The summed E-state index contributed by atoms with van der Waals surface area (Å²) in [5.41, 5.74) is 1.29. The highest BCUT2D eigenvalue weighted by Crippen LogP contribution is 2.41. The number of pyridine rings is 1. The van der Waals surface area contributed by atoms with Gasteiger partial charge in [-0.2, -0.15) is 0 Å². The van der Waals surface area contributed by atoms with Crippen LogP contribution >= 0.6 is 0 Å². The van der Waals surface area contributed by atoms with Gasteiger partial charge in [0.2, 0.25) is 0 Å². The number of aliphatic hydroxyl groups excluding tert-OH is 1. The van der Waals surface area contributed by atoms with Crippen molar-refractivity contribution in [2.45, 2.75) is 38.8 Å². The first-order chi connectivity index (χ1) is 17.9. The summed E-state index contributed by atoms with van der Waals surface area (Å²) < 4.78 is 25.2. The minimum atomic E-state index is -0.889. The van der Waals surface area contributed by atoms with Gasteiger partial charge in [-0.05, 0) is 53.9 Å². The highest BCUT2D eigenvalue weighted by Gasteiger charge is 2.46. The molecule has 37 heavy (non-hydrogen) atoms. The van der Waals surface area contributed by atoms with Crippen LogP contribution in [0.5, 0.6) is 11.5 Å². The summed E-state index contributed by atoms with van der Waals surface area (Å²) in [6, 6.07) is 13.6. The number of rotatable bonds is 10. The van der Waals surface area contributed by atoms with Crippen molar-refractivity contribution in [3.8, 4) is 11.5 Å². The molecular weight excluding hydrogens is 475 g/mol. The van der Waals surface area contributed by atoms with E-state index in [1.807, 2.05) is 0 Å². The van der Waals surface area contributed by atoms with Crippen LogP contribution in [0.15, 0.2) is 72.6 Å². The molecule has 0 aliphatic carbocycles. The standard InChI is InChI=1S/C29H29FN2O5/c1-3-4-5-15-37-22-11-8-20(9-12-22)26-25(27(33)21-10-13-24(36-2)23(30)16-21)28(34)29(35)32(26)18-19-7-6-14-31-17-19/h6-14,16-17,26,33H,3-5,15,18H2,1-2H3/t26-/m0/s1. The van der Waals surface area contributed by atoms with Gasteiger partial charge in [0.05, 0.1) is 25.3 Å². The average molecular weight is 505 g/mol. The molecule has 2 aromatic carbocycles. The van der Waals surface area contributed by atoms with E-state index in [0.29, 0.717) is 17.9 Å². The van der Waals surface area contributed by atoms with Crippen molar-refractivity contribution in [1.29, 1.82) is 0 Å². The third-order valence-electron chi connectivity index (χ3n) is 6.25. The van der Waals surface area contributed by atoms with Gasteiger partial charge in [0, 0.05) is 24.5 Å². The Balaban J connectivity index is 1.74. The number of carbonyl (C=O) groups is 2. The van der Waals surface area contributed by atoms with Gasteiger partial charge in [0.1, 0.15) is 11.5 Å². The molecular formula is C29H29FN2O5. The molecule has 8 heteroatoms. The minimum Gasteiger partial charge on any atom is -0.507 e. The summed E-state index contributed by atoms with van der Waals surface area (Å²) in [7, 11) is 1.33. The largest absolute Gasteiger partial charge is 0.507 e. The number of ether oxygens (including phenoxy) is 2. The zero-order chi connectivity index (χ0) is 26.4. The molecule has 1 saturated heterocycles. The Kier molecular flexibility index (Phi) is 8.18. The maximum absolute atomic E-state index is 14.4. The fraction of sp³-hybridized carbons (Fsp3) is 0.276. The lowest BCUT2D eigenvalue weighted by Crippen LogP contribution is -2.29. The van der Waals surface area contributed by atoms with Gasteiger partial charge in [-0.25, -0.2) is 4.39 Å². The molecule has 1 fully saturated rings. The molecule has 0 radical (unpaired) electrons. The van der Waals surface area contributed by atoms with Crippen molar-refractivity contribution in [2.24, 2.45) is 0 Å². The fourth-order valence-electron chi connectivity index (χ4n) is 4.34. The molecule has 192 valence electrons. The number of Topliss-reactive ketones (excluding diaryl/α,β-unsaturated/α-hetero) is 1. The lowest BCUT2D eigenvalue weighted by molar-refractivity contribution is -0.140. The molecule has 1 atom stereocenters. The summed E-state index contributed by atoms with van der Waals surface area (Å²) in [5.74, 6) is -2.09.